The number of carbonyl (C=O) groups is 2. The number of esters is 2. The van der Waals surface area contributed by atoms with Crippen LogP contribution in [0.5, 0.6) is 11.5 Å². The van der Waals surface area contributed by atoms with Crippen molar-refractivity contribution in [3.63, 3.8) is 0 Å². The number of fused-ring (bicyclic) bond motifs is 1. The van der Waals surface area contributed by atoms with Crippen LogP contribution in [-0.2, 0) is 16.0 Å². The van der Waals surface area contributed by atoms with Crippen molar-refractivity contribution < 1.29 is 32.9 Å². The van der Waals surface area contributed by atoms with E-state index in [1.54, 1.807) is 25.1 Å². The summed E-state index contributed by atoms with van der Waals surface area (Å²) in [5.74, 6) is -0.810. The number of hydrogen-bond donors (Lipinski definition) is 1. The van der Waals surface area contributed by atoms with Crippen molar-refractivity contribution in [1.82, 2.24) is 0 Å². The van der Waals surface area contributed by atoms with Crippen LogP contribution in [0.4, 0.5) is 10.1 Å². The van der Waals surface area contributed by atoms with Crippen LogP contribution in [0.1, 0.15) is 32.5 Å². The van der Waals surface area contributed by atoms with Gasteiger partial charge in [0, 0.05) is 34.3 Å². The van der Waals surface area contributed by atoms with Crippen molar-refractivity contribution in [2.45, 2.75) is 13.5 Å². The van der Waals surface area contributed by atoms with Gasteiger partial charge in [0.15, 0.2) is 11.5 Å². The van der Waals surface area contributed by atoms with Crippen molar-refractivity contribution in [2.24, 2.45) is 0 Å². The highest BCUT2D eigenvalue weighted by molar-refractivity contribution is 7.21. The van der Waals surface area contributed by atoms with Gasteiger partial charge >= 0.3 is 11.9 Å². The zero-order chi connectivity index (χ0) is 22.5. The molecule has 1 N–H and O–H groups in total. The van der Waals surface area contributed by atoms with E-state index in [-0.39, 0.29) is 18.7 Å². The lowest BCUT2D eigenvalue weighted by Gasteiger charge is -2.15. The molecular weight excluding hydrogens is 425 g/mol. The third kappa shape index (κ3) is 4.41. The number of rotatable bonds is 8. The molecule has 9 heteroatoms. The Morgan fingerprint density at radius 2 is 1.77 bits per heavy atom. The van der Waals surface area contributed by atoms with Crippen molar-refractivity contribution in [3.8, 4) is 11.5 Å². The van der Waals surface area contributed by atoms with Crippen LogP contribution in [0.25, 0.3) is 10.1 Å². The first kappa shape index (κ1) is 22.4. The molecule has 0 unspecified atom stereocenters. The molecule has 0 fully saturated rings. The van der Waals surface area contributed by atoms with E-state index in [1.807, 2.05) is 0 Å². The fourth-order valence-electron chi connectivity index (χ4n) is 3.19. The van der Waals surface area contributed by atoms with Gasteiger partial charge in [-0.3, -0.25) is 0 Å². The van der Waals surface area contributed by atoms with Gasteiger partial charge in [0.25, 0.3) is 0 Å². The number of thiophene rings is 1. The van der Waals surface area contributed by atoms with Gasteiger partial charge in [0.1, 0.15) is 10.7 Å². The molecule has 3 rings (SSSR count). The molecule has 1 heterocycles. The van der Waals surface area contributed by atoms with E-state index in [0.29, 0.717) is 37.7 Å². The van der Waals surface area contributed by atoms with Gasteiger partial charge in [-0.25, -0.2) is 14.0 Å². The van der Waals surface area contributed by atoms with Crippen molar-refractivity contribution in [2.75, 3.05) is 33.3 Å². The molecule has 31 heavy (non-hydrogen) atoms. The van der Waals surface area contributed by atoms with Crippen LogP contribution in [0.3, 0.4) is 0 Å². The number of carbonyl (C=O) groups excluding carboxylic acids is 2. The molecule has 0 bridgehead atoms. The second-order valence-electron chi connectivity index (χ2n) is 6.34. The third-order valence-corrected chi connectivity index (χ3v) is 5.79. The molecule has 0 aliphatic rings. The Hall–Kier alpha value is -3.33. The van der Waals surface area contributed by atoms with Gasteiger partial charge in [0.2, 0.25) is 0 Å². The standard InChI is InChI=1S/C22H22FNO6S/c1-5-30-22(26)20-13(19-14(23)7-6-8-18(19)31-20)11-24-15-10-17(28-3)16(27-2)9-12(15)21(25)29-4/h6-10,24H,5,11H2,1-4H3. The Morgan fingerprint density at radius 1 is 1.06 bits per heavy atom. The zero-order valence-corrected chi connectivity index (χ0v) is 18.4. The number of hydrogen-bond acceptors (Lipinski definition) is 8. The maximum Gasteiger partial charge on any atom is 0.348 e. The number of ether oxygens (including phenoxy) is 4. The summed E-state index contributed by atoms with van der Waals surface area (Å²) in [5.41, 5.74) is 1.04. The van der Waals surface area contributed by atoms with E-state index >= 15 is 0 Å². The fourth-order valence-corrected chi connectivity index (χ4v) is 4.31. The highest BCUT2D eigenvalue weighted by Gasteiger charge is 2.23. The Balaban J connectivity index is 2.07. The summed E-state index contributed by atoms with van der Waals surface area (Å²) in [6, 6.07) is 7.74. The van der Waals surface area contributed by atoms with Gasteiger partial charge in [-0.1, -0.05) is 6.07 Å². The lowest BCUT2D eigenvalue weighted by Crippen LogP contribution is -2.12. The van der Waals surface area contributed by atoms with Crippen LogP contribution in [0.15, 0.2) is 30.3 Å². The summed E-state index contributed by atoms with van der Waals surface area (Å²) in [6.07, 6.45) is 0. The molecule has 0 atom stereocenters. The van der Waals surface area contributed by atoms with E-state index in [4.69, 9.17) is 18.9 Å². The van der Waals surface area contributed by atoms with E-state index in [9.17, 15) is 14.0 Å². The molecular formula is C22H22FNO6S. The lowest BCUT2D eigenvalue weighted by atomic mass is 10.1. The van der Waals surface area contributed by atoms with Crippen LogP contribution < -0.4 is 14.8 Å². The molecule has 0 radical (unpaired) electrons. The van der Waals surface area contributed by atoms with Crippen molar-refractivity contribution in [1.29, 1.82) is 0 Å². The average molecular weight is 447 g/mol. The molecule has 0 saturated heterocycles. The van der Waals surface area contributed by atoms with Gasteiger partial charge < -0.3 is 24.3 Å². The van der Waals surface area contributed by atoms with Crippen LogP contribution in [-0.4, -0.2) is 39.9 Å². The van der Waals surface area contributed by atoms with E-state index in [2.05, 4.69) is 5.32 Å². The monoisotopic (exact) mass is 447 g/mol. The minimum absolute atomic E-state index is 0.0640. The van der Waals surface area contributed by atoms with Gasteiger partial charge in [-0.15, -0.1) is 11.3 Å². The highest BCUT2D eigenvalue weighted by Crippen LogP contribution is 2.37. The molecule has 0 aliphatic heterocycles. The first-order valence-electron chi connectivity index (χ1n) is 9.40. The second kappa shape index (κ2) is 9.65. The summed E-state index contributed by atoms with van der Waals surface area (Å²) >= 11 is 1.16. The molecule has 2 aromatic carbocycles. The minimum atomic E-state index is -0.588. The number of halogens is 1. The number of nitrogens with one attached hydrogen (secondary N) is 1. The zero-order valence-electron chi connectivity index (χ0n) is 17.5. The van der Waals surface area contributed by atoms with Crippen LogP contribution >= 0.6 is 11.3 Å². The minimum Gasteiger partial charge on any atom is -0.493 e. The Morgan fingerprint density at radius 3 is 2.42 bits per heavy atom. The predicted octanol–water partition coefficient (Wildman–Crippen LogP) is 4.63. The van der Waals surface area contributed by atoms with Gasteiger partial charge in [0.05, 0.1) is 39.2 Å². The van der Waals surface area contributed by atoms with Gasteiger partial charge in [-0.2, -0.15) is 0 Å². The lowest BCUT2D eigenvalue weighted by molar-refractivity contribution is 0.0530. The molecule has 3 aromatic rings. The molecule has 0 amide bonds. The smallest absolute Gasteiger partial charge is 0.348 e. The topological polar surface area (TPSA) is 83.1 Å². The number of methoxy groups -OCH3 is 3. The molecule has 1 aromatic heterocycles. The first-order chi connectivity index (χ1) is 14.9. The maximum absolute atomic E-state index is 14.6. The number of benzene rings is 2. The molecule has 164 valence electrons. The normalized spacial score (nSPS) is 10.6. The van der Waals surface area contributed by atoms with Gasteiger partial charge in [-0.05, 0) is 19.1 Å². The van der Waals surface area contributed by atoms with Crippen molar-refractivity contribution in [3.05, 3.63) is 52.2 Å². The SMILES string of the molecule is CCOC(=O)c1sc2cccc(F)c2c1CNc1cc(OC)c(OC)cc1C(=O)OC. The van der Waals surface area contributed by atoms with Crippen LogP contribution in [0, 0.1) is 5.82 Å². The summed E-state index contributed by atoms with van der Waals surface area (Å²) in [4.78, 5) is 25.1. The summed E-state index contributed by atoms with van der Waals surface area (Å²) < 4.78 is 35.8. The Kier molecular flexibility index (Phi) is 6.96. The summed E-state index contributed by atoms with van der Waals surface area (Å²) in [7, 11) is 4.20. The van der Waals surface area contributed by atoms with E-state index in [0.717, 1.165) is 11.3 Å². The summed E-state index contributed by atoms with van der Waals surface area (Å²) in [5, 5.41) is 3.45. The van der Waals surface area contributed by atoms with Crippen LogP contribution in [0.2, 0.25) is 0 Å². The maximum atomic E-state index is 14.6. The molecule has 0 aliphatic carbocycles. The third-order valence-electron chi connectivity index (χ3n) is 4.61. The van der Waals surface area contributed by atoms with E-state index < -0.39 is 17.8 Å². The first-order valence-corrected chi connectivity index (χ1v) is 10.2. The Bertz CT molecular complexity index is 1130. The predicted molar refractivity (Wildman–Crippen MR) is 116 cm³/mol. The average Bonchev–Trinajstić information content (AvgIpc) is 3.16. The quantitative estimate of drug-likeness (QED) is 0.504. The largest absolute Gasteiger partial charge is 0.493 e. The number of anilines is 1. The molecule has 7 nitrogen and oxygen atoms in total. The highest BCUT2D eigenvalue weighted by atomic mass is 32.1. The molecule has 0 saturated carbocycles. The van der Waals surface area contributed by atoms with E-state index in [1.165, 1.54) is 33.5 Å². The second-order valence-corrected chi connectivity index (χ2v) is 7.39. The summed E-state index contributed by atoms with van der Waals surface area (Å²) in [6.45, 7) is 1.97. The Labute approximate surface area is 182 Å². The fraction of sp³-hybridized carbons (Fsp3) is 0.273. The molecule has 0 spiro atoms. The van der Waals surface area contributed by atoms with Crippen molar-refractivity contribution >= 4 is 39.0 Å².